The number of carbonyl (C=O) groups is 1. The lowest BCUT2D eigenvalue weighted by atomic mass is 10.0. The van der Waals surface area contributed by atoms with Crippen molar-refractivity contribution in [3.63, 3.8) is 0 Å². The van der Waals surface area contributed by atoms with E-state index in [1.165, 1.54) is 6.92 Å². The molecule has 0 aliphatic rings. The summed E-state index contributed by atoms with van der Waals surface area (Å²) in [6, 6.07) is 17.3. The number of nitrogens with two attached hydrogens (primary N) is 2. The van der Waals surface area contributed by atoms with Crippen LogP contribution in [0.25, 0.3) is 0 Å². The van der Waals surface area contributed by atoms with Crippen LogP contribution < -0.4 is 17.2 Å². The maximum atomic E-state index is 14.4. The monoisotopic (exact) mass is 646 g/mol. The van der Waals surface area contributed by atoms with Gasteiger partial charge in [-0.15, -0.1) is 0 Å². The minimum Gasteiger partial charge on any atom is -0.480 e. The van der Waals surface area contributed by atoms with Crippen LogP contribution in [-0.2, 0) is 11.3 Å². The Balaban J connectivity index is 0.000000392. The van der Waals surface area contributed by atoms with E-state index in [4.69, 9.17) is 16.6 Å². The van der Waals surface area contributed by atoms with E-state index in [1.54, 1.807) is 13.8 Å². The molecule has 2 atom stereocenters. The number of nitrogens with zero attached hydrogens (tertiary/aromatic N) is 4. The van der Waals surface area contributed by atoms with E-state index in [0.29, 0.717) is 5.82 Å². The molecule has 3 aromatic rings. The molecule has 0 aliphatic heterocycles. The summed E-state index contributed by atoms with van der Waals surface area (Å²) >= 11 is 0. The Morgan fingerprint density at radius 2 is 1.46 bits per heavy atom. The summed E-state index contributed by atoms with van der Waals surface area (Å²) in [5.74, 6) is -5.43. The number of carboxylic acid groups (broad SMARTS) is 1. The second-order valence-corrected chi connectivity index (χ2v) is 10.2. The first-order chi connectivity index (χ1) is 21.8. The quantitative estimate of drug-likeness (QED) is 0.115. The zero-order chi connectivity index (χ0) is 34.2. The first-order valence-electron chi connectivity index (χ1n) is 14.3. The lowest BCUT2D eigenvalue weighted by molar-refractivity contribution is -0.138. The number of aromatic nitrogens is 2. The van der Waals surface area contributed by atoms with Crippen LogP contribution >= 0.6 is 0 Å². The van der Waals surface area contributed by atoms with Gasteiger partial charge in [0.05, 0.1) is 17.6 Å². The smallest absolute Gasteiger partial charge is 0.441 e. The van der Waals surface area contributed by atoms with Gasteiger partial charge in [-0.25, -0.2) is 22.4 Å². The van der Waals surface area contributed by atoms with Crippen molar-refractivity contribution in [1.82, 2.24) is 9.72 Å². The molecule has 0 radical (unpaired) electrons. The minimum atomic E-state index is -1.44. The van der Waals surface area contributed by atoms with Crippen molar-refractivity contribution >= 4 is 17.5 Å². The van der Waals surface area contributed by atoms with Gasteiger partial charge in [0.25, 0.3) is 0 Å². The highest BCUT2D eigenvalue weighted by Gasteiger charge is 2.17. The van der Waals surface area contributed by atoms with Gasteiger partial charge in [-0.3, -0.25) is 23.9 Å². The van der Waals surface area contributed by atoms with Crippen LogP contribution in [0.1, 0.15) is 56.5 Å². The number of hydrogen-bond donors (Lipinski definition) is 3. The number of amidine groups is 1. The van der Waals surface area contributed by atoms with Gasteiger partial charge in [0.2, 0.25) is 0 Å². The predicted molar refractivity (Wildman–Crippen MR) is 168 cm³/mol. The van der Waals surface area contributed by atoms with E-state index >= 15 is 0 Å². The van der Waals surface area contributed by atoms with E-state index in [0.717, 1.165) is 21.4 Å². The first kappa shape index (κ1) is 37.3. The average Bonchev–Trinajstić information content (AvgIpc) is 3.35. The predicted octanol–water partition coefficient (Wildman–Crippen LogP) is 5.71. The van der Waals surface area contributed by atoms with E-state index in [9.17, 15) is 27.2 Å². The molecule has 2 aromatic carbocycles. The van der Waals surface area contributed by atoms with Crippen LogP contribution in [0.3, 0.4) is 0 Å². The maximum Gasteiger partial charge on any atom is 0.441 e. The molecule has 0 saturated heterocycles. The van der Waals surface area contributed by atoms with Crippen molar-refractivity contribution in [3.8, 4) is 0 Å². The van der Waals surface area contributed by atoms with Crippen LogP contribution in [-0.4, -0.2) is 51.0 Å². The fourth-order valence-electron chi connectivity index (χ4n) is 3.94. The summed E-state index contributed by atoms with van der Waals surface area (Å²) < 4.78 is 60.4. The fraction of sp³-hybridized carbons (Fsp3) is 0.344. The normalized spacial score (nSPS) is 13.9. The second kappa shape index (κ2) is 18.8. The fourth-order valence-corrected chi connectivity index (χ4v) is 3.94. The Morgan fingerprint density at radius 1 is 0.935 bits per heavy atom. The van der Waals surface area contributed by atoms with Crippen molar-refractivity contribution in [2.75, 3.05) is 6.54 Å². The number of aliphatic carboxylic acids is 1. The van der Waals surface area contributed by atoms with Crippen molar-refractivity contribution in [2.24, 2.45) is 21.5 Å². The topological polar surface area (TPSA) is 162 Å². The van der Waals surface area contributed by atoms with Crippen LogP contribution in [0.5, 0.6) is 0 Å². The highest BCUT2D eigenvalue weighted by Crippen LogP contribution is 2.21. The largest absolute Gasteiger partial charge is 0.480 e. The summed E-state index contributed by atoms with van der Waals surface area (Å²) in [4.78, 5) is 30.1. The molecule has 5 N–H and O–H groups in total. The highest BCUT2D eigenvalue weighted by atomic mass is 19.2. The van der Waals surface area contributed by atoms with Crippen LogP contribution in [0.2, 0.25) is 0 Å². The number of allylic oxidation sites excluding steroid dienone is 1. The Morgan fingerprint density at radius 3 is 1.93 bits per heavy atom. The molecule has 248 valence electrons. The Hall–Kier alpha value is -4.85. The number of aryl methyl sites for hydroxylation is 1. The molecule has 1 aromatic heterocycles. The van der Waals surface area contributed by atoms with Crippen LogP contribution in [0.15, 0.2) is 103 Å². The maximum absolute atomic E-state index is 14.4. The van der Waals surface area contributed by atoms with Crippen molar-refractivity contribution in [2.45, 2.75) is 65.1 Å². The summed E-state index contributed by atoms with van der Waals surface area (Å²) in [5, 5.41) is 11.9. The van der Waals surface area contributed by atoms with E-state index in [2.05, 4.69) is 19.7 Å². The average molecular weight is 647 g/mol. The summed E-state index contributed by atoms with van der Waals surface area (Å²) in [6.07, 6.45) is -1.35. The van der Waals surface area contributed by atoms with Crippen LogP contribution in [0, 0.1) is 6.92 Å². The zero-order valence-corrected chi connectivity index (χ0v) is 25.8. The third-order valence-electron chi connectivity index (χ3n) is 6.34. The molecule has 14 heteroatoms. The molecule has 0 aliphatic carbocycles. The zero-order valence-electron chi connectivity index (χ0n) is 25.8. The Labute approximate surface area is 263 Å². The van der Waals surface area contributed by atoms with Gasteiger partial charge >= 0.3 is 11.7 Å². The number of rotatable bonds is 14. The standard InChI is InChI=1S/C23H23F2N3O2.C9H15F2N3O2/c1-16(15-21(25)20(24)13-14-28-17(2)27-30-23(28)29)26-22(18-9-5-3-6-10-18)19-11-7-4-8-12-19;1-5(12)14-3-2-6(10)7(11)4-8(13)9(15)16/h3-12,16H,13-15H2,1-2H3;8H,2-4,13H2,1H3,(H2,12,14)(H,15,16)/b21-20-;7-6-. The third-order valence-corrected chi connectivity index (χ3v) is 6.34. The summed E-state index contributed by atoms with van der Waals surface area (Å²) in [5.41, 5.74) is 12.8. The molecule has 3 rings (SSSR count). The van der Waals surface area contributed by atoms with E-state index < -0.39 is 53.5 Å². The summed E-state index contributed by atoms with van der Waals surface area (Å²) in [7, 11) is 0. The molecule has 0 fully saturated rings. The highest BCUT2D eigenvalue weighted by molar-refractivity contribution is 6.12. The summed E-state index contributed by atoms with van der Waals surface area (Å²) in [6.45, 7) is 4.81. The van der Waals surface area contributed by atoms with E-state index in [-0.39, 0.29) is 38.2 Å². The van der Waals surface area contributed by atoms with Gasteiger partial charge in [-0.1, -0.05) is 65.8 Å². The molecule has 2 unspecified atom stereocenters. The SMILES string of the molecule is CC(N)=NCC/C(F)=C(/F)CC(N)C(=O)O.Cc1noc(=O)n1CC/C(F)=C(/F)CC(C)N=C(c1ccccc1)c1ccccc1. The van der Waals surface area contributed by atoms with Gasteiger partial charge in [0, 0.05) is 49.9 Å². The lowest BCUT2D eigenvalue weighted by Crippen LogP contribution is -2.30. The first-order valence-corrected chi connectivity index (χ1v) is 14.3. The molecular weight excluding hydrogens is 608 g/mol. The number of benzene rings is 2. The van der Waals surface area contributed by atoms with E-state index in [1.807, 2.05) is 60.7 Å². The Bertz CT molecular complexity index is 1560. The molecule has 46 heavy (non-hydrogen) atoms. The van der Waals surface area contributed by atoms with Crippen molar-refractivity contribution < 1.29 is 32.0 Å². The van der Waals surface area contributed by atoms with Gasteiger partial charge < -0.3 is 16.6 Å². The van der Waals surface area contributed by atoms with Crippen molar-refractivity contribution in [3.05, 3.63) is 111 Å². The van der Waals surface area contributed by atoms with Gasteiger partial charge in [0.15, 0.2) is 5.82 Å². The Kier molecular flexibility index (Phi) is 15.3. The number of halogens is 4. The number of hydrogen-bond acceptors (Lipinski definition) is 7. The molecule has 0 spiro atoms. The van der Waals surface area contributed by atoms with Gasteiger partial charge in [-0.05, 0) is 20.8 Å². The van der Waals surface area contributed by atoms with Crippen molar-refractivity contribution in [1.29, 1.82) is 0 Å². The molecule has 1 heterocycles. The lowest BCUT2D eigenvalue weighted by Gasteiger charge is -2.12. The van der Waals surface area contributed by atoms with Gasteiger partial charge in [0.1, 0.15) is 29.3 Å². The second-order valence-electron chi connectivity index (χ2n) is 10.2. The third kappa shape index (κ3) is 12.6. The minimum absolute atomic E-state index is 0.0178. The van der Waals surface area contributed by atoms with Crippen LogP contribution in [0.4, 0.5) is 17.6 Å². The number of aliphatic imine (C=N–C) groups is 2. The molecule has 0 saturated carbocycles. The molecule has 10 nitrogen and oxygen atoms in total. The van der Waals surface area contributed by atoms with Gasteiger partial charge in [-0.2, -0.15) is 0 Å². The molecule has 0 amide bonds. The molecular formula is C32H38F4N6O4. The number of carboxylic acids is 1. The molecule has 0 bridgehead atoms.